The molecule has 0 spiro atoms. The van der Waals surface area contributed by atoms with Gasteiger partial charge in [0, 0.05) is 19.2 Å². The molecule has 1 aliphatic rings. The average molecular weight is 132 g/mol. The third-order valence-corrected chi connectivity index (χ3v) is 2.00. The topological polar surface area (TPSA) is 32.3 Å². The van der Waals surface area contributed by atoms with E-state index in [0.717, 1.165) is 5.75 Å². The Hall–Kier alpha value is -0.220. The summed E-state index contributed by atoms with van der Waals surface area (Å²) >= 11 is 1.52. The lowest BCUT2D eigenvalue weighted by molar-refractivity contribution is -0.126. The Labute approximate surface area is 52.5 Å². The van der Waals surface area contributed by atoms with Gasteiger partial charge in [-0.1, -0.05) is 0 Å². The van der Waals surface area contributed by atoms with E-state index in [1.165, 1.54) is 11.9 Å². The molecule has 0 radical (unpaired) electrons. The van der Waals surface area contributed by atoms with E-state index >= 15 is 0 Å². The van der Waals surface area contributed by atoms with E-state index in [1.54, 1.807) is 11.5 Å². The second kappa shape index (κ2) is 2.37. The smallest absolute Gasteiger partial charge is 0.247 e. The van der Waals surface area contributed by atoms with Gasteiger partial charge < -0.3 is 0 Å². The summed E-state index contributed by atoms with van der Waals surface area (Å²) < 4.78 is 1.56. The van der Waals surface area contributed by atoms with Gasteiger partial charge in [0.25, 0.3) is 0 Å². The molecule has 0 aromatic rings. The summed E-state index contributed by atoms with van der Waals surface area (Å²) in [4.78, 5) is 10.6. The summed E-state index contributed by atoms with van der Waals surface area (Å²) in [5.74, 6) is 1.09. The fourth-order valence-corrected chi connectivity index (χ4v) is 1.40. The molecule has 0 bridgehead atoms. The standard InChI is InChI=1S/C4H8N2OS/c1-5-6-4(7)2-3-8-6/h5H,2-3H2,1H3. The molecule has 1 aliphatic heterocycles. The van der Waals surface area contributed by atoms with Crippen LogP contribution in [0.5, 0.6) is 0 Å². The van der Waals surface area contributed by atoms with E-state index in [9.17, 15) is 4.79 Å². The molecule has 4 heteroatoms. The van der Waals surface area contributed by atoms with Gasteiger partial charge in [-0.05, 0) is 11.9 Å². The fourth-order valence-electron chi connectivity index (χ4n) is 0.587. The van der Waals surface area contributed by atoms with Crippen molar-refractivity contribution in [1.82, 2.24) is 9.84 Å². The number of carbonyl (C=O) groups excluding carboxylic acids is 1. The largest absolute Gasteiger partial charge is 0.272 e. The van der Waals surface area contributed by atoms with Crippen LogP contribution in [0.1, 0.15) is 6.42 Å². The molecule has 1 rings (SSSR count). The molecule has 1 fully saturated rings. The maximum atomic E-state index is 10.6. The van der Waals surface area contributed by atoms with Crippen molar-refractivity contribution in [2.75, 3.05) is 12.8 Å². The molecule has 8 heavy (non-hydrogen) atoms. The van der Waals surface area contributed by atoms with Gasteiger partial charge in [-0.25, -0.2) is 9.84 Å². The molecule has 0 unspecified atom stereocenters. The Morgan fingerprint density at radius 2 is 2.62 bits per heavy atom. The SMILES string of the molecule is CNN1SCCC1=O. The van der Waals surface area contributed by atoms with Crippen molar-refractivity contribution >= 4 is 17.9 Å². The third kappa shape index (κ3) is 0.952. The summed E-state index contributed by atoms with van der Waals surface area (Å²) in [6.45, 7) is 0. The number of carbonyl (C=O) groups is 1. The van der Waals surface area contributed by atoms with Gasteiger partial charge in [0.15, 0.2) is 0 Å². The first-order chi connectivity index (χ1) is 3.84. The molecule has 0 aliphatic carbocycles. The molecule has 0 saturated carbocycles. The second-order valence-corrected chi connectivity index (χ2v) is 2.53. The van der Waals surface area contributed by atoms with Gasteiger partial charge >= 0.3 is 0 Å². The highest BCUT2D eigenvalue weighted by atomic mass is 32.2. The van der Waals surface area contributed by atoms with E-state index in [4.69, 9.17) is 0 Å². The summed E-state index contributed by atoms with van der Waals surface area (Å²) in [6.07, 6.45) is 0.672. The number of nitrogens with one attached hydrogen (secondary N) is 1. The number of hydrogen-bond donors (Lipinski definition) is 1. The quantitative estimate of drug-likeness (QED) is 0.510. The van der Waals surface area contributed by atoms with E-state index < -0.39 is 0 Å². The highest BCUT2D eigenvalue weighted by molar-refractivity contribution is 7.97. The number of nitrogens with zero attached hydrogens (tertiary/aromatic N) is 1. The Morgan fingerprint density at radius 1 is 1.88 bits per heavy atom. The molecule has 3 nitrogen and oxygen atoms in total. The van der Waals surface area contributed by atoms with Gasteiger partial charge in [-0.3, -0.25) is 4.79 Å². The molecule has 1 N–H and O–H groups in total. The minimum Gasteiger partial charge on any atom is -0.272 e. The molecule has 0 aromatic heterocycles. The van der Waals surface area contributed by atoms with Crippen molar-refractivity contribution in [3.63, 3.8) is 0 Å². The number of amides is 1. The maximum Gasteiger partial charge on any atom is 0.247 e. The monoisotopic (exact) mass is 132 g/mol. The number of hydrogen-bond acceptors (Lipinski definition) is 3. The summed E-state index contributed by atoms with van der Waals surface area (Å²) in [7, 11) is 1.75. The van der Waals surface area contributed by atoms with Crippen LogP contribution in [-0.2, 0) is 4.79 Å². The zero-order valence-electron chi connectivity index (χ0n) is 4.68. The normalized spacial score (nSPS) is 20.1. The van der Waals surface area contributed by atoms with Gasteiger partial charge in [-0.2, -0.15) is 0 Å². The first-order valence-electron chi connectivity index (χ1n) is 2.48. The van der Waals surface area contributed by atoms with Gasteiger partial charge in [0.05, 0.1) is 0 Å². The van der Waals surface area contributed by atoms with Gasteiger partial charge in [-0.15, -0.1) is 0 Å². The van der Waals surface area contributed by atoms with Crippen LogP contribution < -0.4 is 5.43 Å². The molecule has 0 aromatic carbocycles. The molecule has 1 amide bonds. The zero-order valence-corrected chi connectivity index (χ0v) is 5.49. The lowest BCUT2D eigenvalue weighted by Crippen LogP contribution is -2.29. The van der Waals surface area contributed by atoms with Crippen LogP contribution in [0.3, 0.4) is 0 Å². The van der Waals surface area contributed by atoms with E-state index in [0.29, 0.717) is 6.42 Å². The highest BCUT2D eigenvalue weighted by Gasteiger charge is 2.18. The Morgan fingerprint density at radius 3 is 2.88 bits per heavy atom. The van der Waals surface area contributed by atoms with Crippen LogP contribution in [0.2, 0.25) is 0 Å². The predicted molar refractivity (Wildman–Crippen MR) is 33.0 cm³/mol. The Balaban J connectivity index is 2.42. The maximum absolute atomic E-state index is 10.6. The first kappa shape index (κ1) is 5.91. The second-order valence-electron chi connectivity index (χ2n) is 1.49. The number of rotatable bonds is 1. The zero-order chi connectivity index (χ0) is 5.98. The van der Waals surface area contributed by atoms with Crippen molar-refractivity contribution in [3.05, 3.63) is 0 Å². The summed E-state index contributed by atoms with van der Waals surface area (Å²) in [5, 5.41) is 0. The predicted octanol–water partition coefficient (Wildman–Crippen LogP) is 0.00130. The van der Waals surface area contributed by atoms with Crippen molar-refractivity contribution in [3.8, 4) is 0 Å². The van der Waals surface area contributed by atoms with Crippen LogP contribution in [0.25, 0.3) is 0 Å². The molecular weight excluding hydrogens is 124 g/mol. The Kier molecular flexibility index (Phi) is 1.75. The van der Waals surface area contributed by atoms with Crippen molar-refractivity contribution in [1.29, 1.82) is 0 Å². The van der Waals surface area contributed by atoms with E-state index in [1.807, 2.05) is 0 Å². The molecular formula is C4H8N2OS. The van der Waals surface area contributed by atoms with Crippen molar-refractivity contribution in [2.45, 2.75) is 6.42 Å². The molecule has 0 atom stereocenters. The Bertz CT molecular complexity index is 106. The molecule has 1 saturated heterocycles. The summed E-state index contributed by atoms with van der Waals surface area (Å²) in [6, 6.07) is 0. The van der Waals surface area contributed by atoms with Gasteiger partial charge in [0.1, 0.15) is 0 Å². The first-order valence-corrected chi connectivity index (χ1v) is 3.42. The lowest BCUT2D eigenvalue weighted by atomic mass is 10.5. The van der Waals surface area contributed by atoms with Gasteiger partial charge in [0.2, 0.25) is 5.91 Å². The highest BCUT2D eigenvalue weighted by Crippen LogP contribution is 2.17. The van der Waals surface area contributed by atoms with Crippen LogP contribution >= 0.6 is 11.9 Å². The minimum absolute atomic E-state index is 0.178. The number of hydrazine groups is 1. The van der Waals surface area contributed by atoms with Crippen LogP contribution in [-0.4, -0.2) is 23.1 Å². The molecule has 1 heterocycles. The van der Waals surface area contributed by atoms with Crippen LogP contribution in [0, 0.1) is 0 Å². The fraction of sp³-hybridized carbons (Fsp3) is 0.750. The third-order valence-electron chi connectivity index (χ3n) is 0.966. The van der Waals surface area contributed by atoms with Crippen molar-refractivity contribution < 1.29 is 4.79 Å². The summed E-state index contributed by atoms with van der Waals surface area (Å²) in [5.41, 5.74) is 2.76. The van der Waals surface area contributed by atoms with E-state index in [2.05, 4.69) is 5.43 Å². The van der Waals surface area contributed by atoms with Crippen molar-refractivity contribution in [2.24, 2.45) is 0 Å². The average Bonchev–Trinajstić information content (AvgIpc) is 2.14. The van der Waals surface area contributed by atoms with Crippen LogP contribution in [0.4, 0.5) is 0 Å². The molecule has 46 valence electrons. The minimum atomic E-state index is 0.178. The lowest BCUT2D eigenvalue weighted by Gasteiger charge is -2.09. The van der Waals surface area contributed by atoms with Crippen LogP contribution in [0.15, 0.2) is 0 Å². The van der Waals surface area contributed by atoms with E-state index in [-0.39, 0.29) is 5.91 Å².